The lowest BCUT2D eigenvalue weighted by Gasteiger charge is -2.21. The first-order valence-corrected chi connectivity index (χ1v) is 7.19. The van der Waals surface area contributed by atoms with Gasteiger partial charge in [-0.15, -0.1) is 0 Å². The highest BCUT2D eigenvalue weighted by molar-refractivity contribution is 5.47. The number of hydrogen-bond donors (Lipinski definition) is 0. The van der Waals surface area contributed by atoms with Crippen molar-refractivity contribution in [2.75, 3.05) is 20.6 Å². The third-order valence-electron chi connectivity index (χ3n) is 4.41. The second-order valence-electron chi connectivity index (χ2n) is 6.15. The van der Waals surface area contributed by atoms with E-state index in [2.05, 4.69) is 19.0 Å². The molecule has 3 heteroatoms. The predicted molar refractivity (Wildman–Crippen MR) is 80.2 cm³/mol. The normalized spacial score (nSPS) is 19.8. The van der Waals surface area contributed by atoms with Crippen LogP contribution in [0.1, 0.15) is 17.5 Å². The van der Waals surface area contributed by atoms with Crippen LogP contribution in [0.3, 0.4) is 0 Å². The third kappa shape index (κ3) is 2.58. The van der Waals surface area contributed by atoms with Gasteiger partial charge in [0.05, 0.1) is 0 Å². The summed E-state index contributed by atoms with van der Waals surface area (Å²) in [6.07, 6.45) is 1.02. The molecule has 0 radical (unpaired) electrons. The summed E-state index contributed by atoms with van der Waals surface area (Å²) in [5, 5.41) is 0. The Morgan fingerprint density at radius 3 is 1.71 bits per heavy atom. The summed E-state index contributed by atoms with van der Waals surface area (Å²) in [6.45, 7) is 0.967. The fraction of sp³-hybridized carbons (Fsp3) is 0.333. The number of rotatable bonds is 4. The molecule has 1 saturated carbocycles. The van der Waals surface area contributed by atoms with E-state index in [0.29, 0.717) is 5.92 Å². The van der Waals surface area contributed by atoms with Gasteiger partial charge in [0, 0.05) is 12.0 Å². The van der Waals surface area contributed by atoms with Gasteiger partial charge in [-0.1, -0.05) is 24.3 Å². The molecular weight excluding hydrogens is 268 g/mol. The van der Waals surface area contributed by atoms with Crippen LogP contribution in [0.2, 0.25) is 0 Å². The lowest BCUT2D eigenvalue weighted by Crippen LogP contribution is -2.21. The summed E-state index contributed by atoms with van der Waals surface area (Å²) in [7, 11) is 4.11. The minimum absolute atomic E-state index is 0.105. The zero-order valence-electron chi connectivity index (χ0n) is 12.3. The average Bonchev–Trinajstić information content (AvgIpc) is 3.14. The SMILES string of the molecule is CN(C)CC1CC1(c1ccc(F)cc1)c1ccc(F)cc1. The first-order valence-electron chi connectivity index (χ1n) is 7.19. The van der Waals surface area contributed by atoms with E-state index in [1.54, 1.807) is 0 Å². The van der Waals surface area contributed by atoms with E-state index in [4.69, 9.17) is 0 Å². The number of benzene rings is 2. The zero-order chi connectivity index (χ0) is 15.0. The highest BCUT2D eigenvalue weighted by Crippen LogP contribution is 2.58. The molecule has 2 aromatic rings. The molecular formula is C18H19F2N. The van der Waals surface area contributed by atoms with Gasteiger partial charge in [-0.2, -0.15) is 0 Å². The van der Waals surface area contributed by atoms with Gasteiger partial charge in [-0.05, 0) is 61.8 Å². The lowest BCUT2D eigenvalue weighted by atomic mass is 9.85. The van der Waals surface area contributed by atoms with Crippen molar-refractivity contribution in [1.82, 2.24) is 4.90 Å². The Morgan fingerprint density at radius 2 is 1.33 bits per heavy atom. The zero-order valence-corrected chi connectivity index (χ0v) is 12.3. The third-order valence-corrected chi connectivity index (χ3v) is 4.41. The van der Waals surface area contributed by atoms with Gasteiger partial charge in [-0.3, -0.25) is 0 Å². The molecule has 0 amide bonds. The summed E-state index contributed by atoms with van der Waals surface area (Å²) < 4.78 is 26.4. The van der Waals surface area contributed by atoms with Crippen molar-refractivity contribution in [3.05, 3.63) is 71.3 Å². The Hall–Kier alpha value is -1.74. The molecule has 21 heavy (non-hydrogen) atoms. The van der Waals surface area contributed by atoms with E-state index in [-0.39, 0.29) is 17.0 Å². The minimum atomic E-state index is -0.224. The fourth-order valence-corrected chi connectivity index (χ4v) is 3.36. The van der Waals surface area contributed by atoms with Crippen LogP contribution < -0.4 is 0 Å². The Bertz CT molecular complexity index is 571. The van der Waals surface area contributed by atoms with Crippen molar-refractivity contribution in [2.24, 2.45) is 5.92 Å². The van der Waals surface area contributed by atoms with Crippen LogP contribution in [0.15, 0.2) is 48.5 Å². The molecule has 1 aliphatic rings. The van der Waals surface area contributed by atoms with Gasteiger partial charge in [0.25, 0.3) is 0 Å². The molecule has 3 rings (SSSR count). The van der Waals surface area contributed by atoms with Crippen molar-refractivity contribution in [3.63, 3.8) is 0 Å². The van der Waals surface area contributed by atoms with Crippen LogP contribution in [0.4, 0.5) is 8.78 Å². The maximum absolute atomic E-state index is 13.2. The summed E-state index contributed by atoms with van der Waals surface area (Å²) >= 11 is 0. The topological polar surface area (TPSA) is 3.24 Å². The molecule has 0 bridgehead atoms. The molecule has 0 spiro atoms. The molecule has 1 nitrogen and oxygen atoms in total. The highest BCUT2D eigenvalue weighted by atomic mass is 19.1. The highest BCUT2D eigenvalue weighted by Gasteiger charge is 2.56. The molecule has 1 atom stereocenters. The molecule has 0 aliphatic heterocycles. The van der Waals surface area contributed by atoms with Crippen molar-refractivity contribution < 1.29 is 8.78 Å². The Labute approximate surface area is 124 Å². The molecule has 1 aliphatic carbocycles. The van der Waals surface area contributed by atoms with Crippen molar-refractivity contribution in [1.29, 1.82) is 0 Å². The quantitative estimate of drug-likeness (QED) is 0.826. The van der Waals surface area contributed by atoms with Crippen molar-refractivity contribution >= 4 is 0 Å². The van der Waals surface area contributed by atoms with Gasteiger partial charge in [-0.25, -0.2) is 8.78 Å². The van der Waals surface area contributed by atoms with Gasteiger partial charge in [0.1, 0.15) is 11.6 Å². The van der Waals surface area contributed by atoms with Crippen LogP contribution in [0, 0.1) is 17.6 Å². The van der Waals surface area contributed by atoms with E-state index >= 15 is 0 Å². The molecule has 0 heterocycles. The van der Waals surface area contributed by atoms with Crippen LogP contribution in [0.5, 0.6) is 0 Å². The summed E-state index contributed by atoms with van der Waals surface area (Å²) in [6, 6.07) is 13.4. The van der Waals surface area contributed by atoms with Gasteiger partial charge in [0.2, 0.25) is 0 Å². The molecule has 0 N–H and O–H groups in total. The van der Waals surface area contributed by atoms with E-state index in [1.807, 2.05) is 24.3 Å². The first-order chi connectivity index (χ1) is 10.0. The molecule has 0 aromatic heterocycles. The summed E-state index contributed by atoms with van der Waals surface area (Å²) in [5.41, 5.74) is 2.12. The summed E-state index contributed by atoms with van der Waals surface area (Å²) in [4.78, 5) is 2.17. The van der Waals surface area contributed by atoms with Crippen LogP contribution in [-0.2, 0) is 5.41 Å². The molecule has 110 valence electrons. The smallest absolute Gasteiger partial charge is 0.123 e. The Morgan fingerprint density at radius 1 is 0.905 bits per heavy atom. The largest absolute Gasteiger partial charge is 0.309 e. The molecule has 0 saturated heterocycles. The number of nitrogens with zero attached hydrogens (tertiary/aromatic N) is 1. The van der Waals surface area contributed by atoms with Gasteiger partial charge in [0.15, 0.2) is 0 Å². The monoisotopic (exact) mass is 287 g/mol. The molecule has 1 unspecified atom stereocenters. The van der Waals surface area contributed by atoms with Crippen LogP contribution in [-0.4, -0.2) is 25.5 Å². The average molecular weight is 287 g/mol. The van der Waals surface area contributed by atoms with Crippen molar-refractivity contribution in [3.8, 4) is 0 Å². The van der Waals surface area contributed by atoms with E-state index in [9.17, 15) is 8.78 Å². The first kappa shape index (κ1) is 14.2. The fourth-order valence-electron chi connectivity index (χ4n) is 3.36. The van der Waals surface area contributed by atoms with E-state index < -0.39 is 0 Å². The maximum Gasteiger partial charge on any atom is 0.123 e. The lowest BCUT2D eigenvalue weighted by molar-refractivity contribution is 0.376. The number of hydrogen-bond acceptors (Lipinski definition) is 1. The maximum atomic E-state index is 13.2. The second kappa shape index (κ2) is 5.23. The minimum Gasteiger partial charge on any atom is -0.309 e. The Balaban J connectivity index is 2.01. The Kier molecular flexibility index (Phi) is 3.54. The van der Waals surface area contributed by atoms with Gasteiger partial charge >= 0.3 is 0 Å². The van der Waals surface area contributed by atoms with E-state index in [0.717, 1.165) is 24.1 Å². The number of halogens is 2. The molecule has 1 fully saturated rings. The predicted octanol–water partition coefficient (Wildman–Crippen LogP) is 3.83. The second-order valence-corrected chi connectivity index (χ2v) is 6.15. The molecule has 2 aromatic carbocycles. The van der Waals surface area contributed by atoms with E-state index in [1.165, 1.54) is 24.3 Å². The van der Waals surface area contributed by atoms with Crippen LogP contribution >= 0.6 is 0 Å². The standard InChI is InChI=1S/C18H19F2N/c1-21(2)12-15-11-18(15,13-3-7-16(19)8-4-13)14-5-9-17(20)10-6-14/h3-10,15H,11-12H2,1-2H3. The van der Waals surface area contributed by atoms with Gasteiger partial charge < -0.3 is 4.90 Å². The van der Waals surface area contributed by atoms with Crippen LogP contribution in [0.25, 0.3) is 0 Å². The summed E-state index contributed by atoms with van der Waals surface area (Å²) in [5.74, 6) is 0.0269. The van der Waals surface area contributed by atoms with Crippen molar-refractivity contribution in [2.45, 2.75) is 11.8 Å².